The molecule has 1 amide bonds. The molecule has 1 aliphatic rings. The van der Waals surface area contributed by atoms with Crippen LogP contribution in [-0.4, -0.2) is 70.6 Å². The summed E-state index contributed by atoms with van der Waals surface area (Å²) in [4.78, 5) is 19.1. The van der Waals surface area contributed by atoms with Crippen LogP contribution in [0, 0.1) is 0 Å². The summed E-state index contributed by atoms with van der Waals surface area (Å²) in [6.07, 6.45) is 0. The summed E-state index contributed by atoms with van der Waals surface area (Å²) in [5.41, 5.74) is 0.928. The van der Waals surface area contributed by atoms with Crippen LogP contribution < -0.4 is 0 Å². The molecule has 34 heavy (non-hydrogen) atoms. The number of aromatic amines is 1. The first kappa shape index (κ1) is 22.6. The molecule has 0 radical (unpaired) electrons. The normalized spacial score (nSPS) is 15.0. The monoisotopic (exact) mass is 493 g/mol. The van der Waals surface area contributed by atoms with Crippen molar-refractivity contribution in [2.45, 2.75) is 10.1 Å². The lowest BCUT2D eigenvalue weighted by molar-refractivity contribution is -0.129. The van der Waals surface area contributed by atoms with E-state index in [0.29, 0.717) is 24.1 Å². The Morgan fingerprint density at radius 3 is 2.38 bits per heavy atom. The Morgan fingerprint density at radius 1 is 0.912 bits per heavy atom. The van der Waals surface area contributed by atoms with Crippen LogP contribution in [0.1, 0.15) is 0 Å². The van der Waals surface area contributed by atoms with Crippen LogP contribution in [0.5, 0.6) is 0 Å². The van der Waals surface area contributed by atoms with Gasteiger partial charge in [0.05, 0.1) is 10.6 Å². The number of benzene rings is 3. The fourth-order valence-corrected chi connectivity index (χ4v) is 6.07. The number of carbonyl (C=O) groups is 1. The molecule has 4 aromatic rings. The fourth-order valence-electron chi connectivity index (χ4n) is 3.91. The van der Waals surface area contributed by atoms with Crippen molar-refractivity contribution in [2.24, 2.45) is 0 Å². The third kappa shape index (κ3) is 4.70. The summed E-state index contributed by atoms with van der Waals surface area (Å²) in [6.45, 7) is 1.25. The Balaban J connectivity index is 1.17. The predicted molar refractivity (Wildman–Crippen MR) is 132 cm³/mol. The van der Waals surface area contributed by atoms with E-state index in [0.717, 1.165) is 16.3 Å². The van der Waals surface area contributed by atoms with E-state index in [-0.39, 0.29) is 29.6 Å². The average Bonchev–Trinajstić information content (AvgIpc) is 3.37. The number of nitrogens with zero attached hydrogens (tertiary/aromatic N) is 4. The van der Waals surface area contributed by atoms with Crippen molar-refractivity contribution in [3.63, 3.8) is 0 Å². The third-order valence-corrected chi connectivity index (χ3v) is 8.51. The Labute approximate surface area is 202 Å². The summed E-state index contributed by atoms with van der Waals surface area (Å²) in [6, 6.07) is 22.5. The Hall–Kier alpha value is -3.21. The van der Waals surface area contributed by atoms with E-state index in [9.17, 15) is 13.2 Å². The van der Waals surface area contributed by atoms with E-state index in [4.69, 9.17) is 0 Å². The minimum Gasteiger partial charge on any atom is -0.339 e. The maximum Gasteiger partial charge on any atom is 0.243 e. The van der Waals surface area contributed by atoms with Crippen LogP contribution in [0.15, 0.2) is 82.8 Å². The number of thioether (sulfide) groups is 1. The molecular formula is C24H23N5O3S2. The van der Waals surface area contributed by atoms with Crippen LogP contribution >= 0.6 is 11.8 Å². The van der Waals surface area contributed by atoms with Crippen molar-refractivity contribution >= 4 is 38.5 Å². The van der Waals surface area contributed by atoms with E-state index in [1.54, 1.807) is 17.0 Å². The van der Waals surface area contributed by atoms with Gasteiger partial charge in [0, 0.05) is 31.7 Å². The topological polar surface area (TPSA) is 99.3 Å². The molecule has 1 saturated heterocycles. The van der Waals surface area contributed by atoms with E-state index in [1.165, 1.54) is 16.1 Å². The van der Waals surface area contributed by atoms with E-state index in [2.05, 4.69) is 15.2 Å². The molecule has 5 rings (SSSR count). The van der Waals surface area contributed by atoms with E-state index in [1.807, 2.05) is 60.7 Å². The molecule has 1 aliphatic heterocycles. The maximum absolute atomic E-state index is 13.1. The molecule has 0 saturated carbocycles. The zero-order chi connectivity index (χ0) is 23.5. The molecule has 0 atom stereocenters. The Kier molecular flexibility index (Phi) is 6.36. The van der Waals surface area contributed by atoms with Gasteiger partial charge in [-0.15, -0.1) is 5.10 Å². The first-order chi connectivity index (χ1) is 16.5. The number of carbonyl (C=O) groups excluding carboxylic acids is 1. The van der Waals surface area contributed by atoms with E-state index < -0.39 is 10.0 Å². The molecule has 0 unspecified atom stereocenters. The van der Waals surface area contributed by atoms with Crippen LogP contribution in [0.2, 0.25) is 0 Å². The number of nitrogens with one attached hydrogen (secondary N) is 1. The SMILES string of the molecule is O=C(CSc1n[nH]c(-c2ccccc2)n1)N1CCN(S(=O)(=O)c2ccc3ccccc3c2)CC1. The number of rotatable bonds is 6. The third-order valence-electron chi connectivity index (χ3n) is 5.79. The van der Waals surface area contributed by atoms with Crippen LogP contribution in [0.3, 0.4) is 0 Å². The second-order valence-corrected chi connectivity index (χ2v) is 10.8. The van der Waals surface area contributed by atoms with Gasteiger partial charge in [-0.25, -0.2) is 13.4 Å². The Morgan fingerprint density at radius 2 is 1.62 bits per heavy atom. The van der Waals surface area contributed by atoms with Gasteiger partial charge in [-0.3, -0.25) is 9.89 Å². The maximum atomic E-state index is 13.1. The Bertz CT molecular complexity index is 1410. The van der Waals surface area contributed by atoms with Gasteiger partial charge in [0.2, 0.25) is 21.1 Å². The predicted octanol–water partition coefficient (Wildman–Crippen LogP) is 3.25. The lowest BCUT2D eigenvalue weighted by Gasteiger charge is -2.34. The molecule has 1 N–H and O–H groups in total. The van der Waals surface area contributed by atoms with E-state index >= 15 is 0 Å². The number of amides is 1. The first-order valence-corrected chi connectivity index (χ1v) is 13.3. The summed E-state index contributed by atoms with van der Waals surface area (Å²) in [7, 11) is -3.62. The molecule has 0 spiro atoms. The molecule has 174 valence electrons. The van der Waals surface area contributed by atoms with Crippen LogP contribution in [0.25, 0.3) is 22.2 Å². The van der Waals surface area contributed by atoms with Gasteiger partial charge in [-0.05, 0) is 22.9 Å². The summed E-state index contributed by atoms with van der Waals surface area (Å²) >= 11 is 1.27. The molecule has 1 aromatic heterocycles. The summed E-state index contributed by atoms with van der Waals surface area (Å²) < 4.78 is 27.7. The highest BCUT2D eigenvalue weighted by Crippen LogP contribution is 2.24. The standard InChI is InChI=1S/C24H23N5O3S2/c30-22(17-33-24-25-23(26-27-24)19-7-2-1-3-8-19)28-12-14-29(15-13-28)34(31,32)21-11-10-18-6-4-5-9-20(18)16-21/h1-11,16H,12-15,17H2,(H,25,26,27). The molecule has 0 bridgehead atoms. The average molecular weight is 494 g/mol. The lowest BCUT2D eigenvalue weighted by Crippen LogP contribution is -2.50. The number of hydrogen-bond donors (Lipinski definition) is 1. The number of aromatic nitrogens is 3. The highest BCUT2D eigenvalue weighted by molar-refractivity contribution is 7.99. The van der Waals surface area contributed by atoms with Gasteiger partial charge in [0.1, 0.15) is 0 Å². The van der Waals surface area contributed by atoms with Gasteiger partial charge in [-0.2, -0.15) is 4.31 Å². The molecule has 8 nitrogen and oxygen atoms in total. The van der Waals surface area contributed by atoms with Gasteiger partial charge < -0.3 is 4.90 Å². The minimum atomic E-state index is -3.62. The van der Waals surface area contributed by atoms with Crippen molar-refractivity contribution < 1.29 is 13.2 Å². The zero-order valence-electron chi connectivity index (χ0n) is 18.3. The largest absolute Gasteiger partial charge is 0.339 e. The number of sulfonamides is 1. The molecule has 10 heteroatoms. The molecule has 1 fully saturated rings. The number of fused-ring (bicyclic) bond motifs is 1. The van der Waals surface area contributed by atoms with Crippen LogP contribution in [-0.2, 0) is 14.8 Å². The second kappa shape index (κ2) is 9.57. The van der Waals surface area contributed by atoms with Crippen molar-refractivity contribution in [1.29, 1.82) is 0 Å². The number of H-pyrrole nitrogens is 1. The van der Waals surface area contributed by atoms with Gasteiger partial charge in [0.15, 0.2) is 5.82 Å². The van der Waals surface area contributed by atoms with Crippen LogP contribution in [0.4, 0.5) is 0 Å². The smallest absolute Gasteiger partial charge is 0.243 e. The van der Waals surface area contributed by atoms with Crippen molar-refractivity contribution in [1.82, 2.24) is 24.4 Å². The number of hydrogen-bond acceptors (Lipinski definition) is 6. The summed E-state index contributed by atoms with van der Waals surface area (Å²) in [5.74, 6) is 0.797. The number of piperazine rings is 1. The van der Waals surface area contributed by atoms with Crippen molar-refractivity contribution in [3.8, 4) is 11.4 Å². The summed E-state index contributed by atoms with van der Waals surface area (Å²) in [5, 5.41) is 9.46. The van der Waals surface area contributed by atoms with Crippen molar-refractivity contribution in [2.75, 3.05) is 31.9 Å². The zero-order valence-corrected chi connectivity index (χ0v) is 19.9. The molecule has 2 heterocycles. The van der Waals surface area contributed by atoms with Gasteiger partial charge in [0.25, 0.3) is 0 Å². The molecular weight excluding hydrogens is 470 g/mol. The fraction of sp³-hybridized carbons (Fsp3) is 0.208. The quantitative estimate of drug-likeness (QED) is 0.414. The molecule has 3 aromatic carbocycles. The van der Waals surface area contributed by atoms with Crippen molar-refractivity contribution in [3.05, 3.63) is 72.8 Å². The molecule has 0 aliphatic carbocycles. The van der Waals surface area contributed by atoms with Gasteiger partial charge in [-0.1, -0.05) is 72.4 Å². The highest BCUT2D eigenvalue weighted by atomic mass is 32.2. The lowest BCUT2D eigenvalue weighted by atomic mass is 10.1. The first-order valence-electron chi connectivity index (χ1n) is 10.9. The second-order valence-electron chi connectivity index (χ2n) is 7.92. The van der Waals surface area contributed by atoms with Gasteiger partial charge >= 0.3 is 0 Å². The minimum absolute atomic E-state index is 0.0567. The highest BCUT2D eigenvalue weighted by Gasteiger charge is 2.30.